The second-order valence-electron chi connectivity index (χ2n) is 17.0. The van der Waals surface area contributed by atoms with Crippen LogP contribution in [0.15, 0.2) is 84.9 Å². The summed E-state index contributed by atoms with van der Waals surface area (Å²) in [6.45, 7) is 27.5. The summed E-state index contributed by atoms with van der Waals surface area (Å²) in [6.07, 6.45) is 13.3. The van der Waals surface area contributed by atoms with Crippen molar-refractivity contribution in [1.29, 1.82) is 0 Å². The SMILES string of the molecule is CC(C)(C)c1cc(/C=C/c2ccc(/C=C/c3ccc(/C=C/c4cc(C(C)(C)C)cc(C(C)(C)C)c4)cc3)cc2)cc(C(C)(C)C)c1. The lowest BCUT2D eigenvalue weighted by molar-refractivity contribution is 0.568. The van der Waals surface area contributed by atoms with Crippen LogP contribution in [-0.4, -0.2) is 0 Å². The van der Waals surface area contributed by atoms with Gasteiger partial charge < -0.3 is 0 Å². The molecule has 0 N–H and O–H groups in total. The van der Waals surface area contributed by atoms with E-state index in [1.165, 1.54) is 55.6 Å². The quantitative estimate of drug-likeness (QED) is 0.191. The molecule has 46 heavy (non-hydrogen) atoms. The van der Waals surface area contributed by atoms with Crippen LogP contribution in [0.3, 0.4) is 0 Å². The van der Waals surface area contributed by atoms with E-state index in [-0.39, 0.29) is 21.7 Å². The summed E-state index contributed by atoms with van der Waals surface area (Å²) >= 11 is 0. The molecule has 0 aliphatic rings. The minimum atomic E-state index is 0.115. The van der Waals surface area contributed by atoms with E-state index in [4.69, 9.17) is 0 Å². The summed E-state index contributed by atoms with van der Waals surface area (Å²) in [7, 11) is 0. The van der Waals surface area contributed by atoms with Crippen LogP contribution in [0.2, 0.25) is 0 Å². The Morgan fingerprint density at radius 2 is 0.435 bits per heavy atom. The van der Waals surface area contributed by atoms with Crippen molar-refractivity contribution in [3.8, 4) is 0 Å². The Kier molecular flexibility index (Phi) is 10.2. The van der Waals surface area contributed by atoms with Gasteiger partial charge >= 0.3 is 0 Å². The minimum absolute atomic E-state index is 0.115. The summed E-state index contributed by atoms with van der Waals surface area (Å²) in [5, 5.41) is 0. The lowest BCUT2D eigenvalue weighted by Crippen LogP contribution is -2.16. The molecule has 0 saturated heterocycles. The van der Waals surface area contributed by atoms with Gasteiger partial charge in [0.2, 0.25) is 0 Å². The van der Waals surface area contributed by atoms with Crippen molar-refractivity contribution in [2.24, 2.45) is 0 Å². The fraction of sp³-hybridized carbons (Fsp3) is 0.348. The molecule has 0 atom stereocenters. The van der Waals surface area contributed by atoms with Crippen LogP contribution >= 0.6 is 0 Å². The van der Waals surface area contributed by atoms with Gasteiger partial charge in [0.25, 0.3) is 0 Å². The van der Waals surface area contributed by atoms with E-state index in [1.54, 1.807) is 0 Å². The Labute approximate surface area is 281 Å². The Hall–Kier alpha value is -3.90. The molecule has 4 aromatic rings. The zero-order valence-corrected chi connectivity index (χ0v) is 30.5. The molecule has 0 nitrogen and oxygen atoms in total. The van der Waals surface area contributed by atoms with Gasteiger partial charge in [0, 0.05) is 0 Å². The highest BCUT2D eigenvalue weighted by Crippen LogP contribution is 2.32. The average molecular weight is 609 g/mol. The van der Waals surface area contributed by atoms with Gasteiger partial charge in [-0.3, -0.25) is 0 Å². The third kappa shape index (κ3) is 9.80. The van der Waals surface area contributed by atoms with Crippen LogP contribution < -0.4 is 0 Å². The molecule has 0 fully saturated rings. The monoisotopic (exact) mass is 608 g/mol. The molecule has 0 aromatic heterocycles. The van der Waals surface area contributed by atoms with Crippen molar-refractivity contribution >= 4 is 36.5 Å². The van der Waals surface area contributed by atoms with Gasteiger partial charge in [0.1, 0.15) is 0 Å². The fourth-order valence-corrected chi connectivity index (χ4v) is 5.24. The molecular formula is C46H56. The summed E-state index contributed by atoms with van der Waals surface area (Å²) in [6, 6.07) is 31.6. The van der Waals surface area contributed by atoms with Crippen molar-refractivity contribution in [2.75, 3.05) is 0 Å². The zero-order valence-electron chi connectivity index (χ0n) is 30.5. The van der Waals surface area contributed by atoms with E-state index in [2.05, 4.69) is 204 Å². The molecule has 0 saturated carbocycles. The molecule has 0 amide bonds. The Bertz CT molecular complexity index is 1510. The normalized spacial score (nSPS) is 13.4. The first-order valence-corrected chi connectivity index (χ1v) is 16.8. The second kappa shape index (κ2) is 13.4. The van der Waals surface area contributed by atoms with E-state index >= 15 is 0 Å². The molecule has 0 bridgehead atoms. The van der Waals surface area contributed by atoms with Crippen molar-refractivity contribution in [3.05, 3.63) is 141 Å². The number of hydrogen-bond acceptors (Lipinski definition) is 0. The zero-order chi connectivity index (χ0) is 33.9. The van der Waals surface area contributed by atoms with Gasteiger partial charge in [0.05, 0.1) is 0 Å². The first-order chi connectivity index (χ1) is 21.3. The summed E-state index contributed by atoms with van der Waals surface area (Å²) in [4.78, 5) is 0. The van der Waals surface area contributed by atoms with Gasteiger partial charge in [-0.05, 0) is 77.3 Å². The van der Waals surface area contributed by atoms with E-state index < -0.39 is 0 Å². The van der Waals surface area contributed by atoms with Crippen LogP contribution in [-0.2, 0) is 21.7 Å². The third-order valence-electron chi connectivity index (χ3n) is 8.65. The lowest BCUT2D eigenvalue weighted by Gasteiger charge is -2.25. The molecule has 0 unspecified atom stereocenters. The number of hydrogen-bond donors (Lipinski definition) is 0. The molecule has 240 valence electrons. The van der Waals surface area contributed by atoms with Crippen molar-refractivity contribution in [3.63, 3.8) is 0 Å². The predicted octanol–water partition coefficient (Wildman–Crippen LogP) is 13.4. The minimum Gasteiger partial charge on any atom is -0.0561 e. The molecular weight excluding hydrogens is 553 g/mol. The Balaban J connectivity index is 1.44. The van der Waals surface area contributed by atoms with Crippen LogP contribution in [0, 0.1) is 0 Å². The summed E-state index contributed by atoms with van der Waals surface area (Å²) in [5.41, 5.74) is 13.3. The standard InChI is InChI=1S/C46H56/c1-43(2,3)39-27-37(28-40(31-39)44(4,5)6)25-23-35-19-15-33(16-20-35)13-14-34-17-21-36(22-18-34)24-26-38-29-41(45(7,8)9)32-42(30-38)46(10,11)12/h13-32H,1-12H3/b14-13+,25-23+,26-24+. The predicted molar refractivity (Wildman–Crippen MR) is 207 cm³/mol. The Morgan fingerprint density at radius 1 is 0.261 bits per heavy atom. The van der Waals surface area contributed by atoms with E-state index in [0.29, 0.717) is 0 Å². The maximum atomic E-state index is 2.37. The smallest absolute Gasteiger partial charge is 0.0132 e. The molecule has 4 aromatic carbocycles. The van der Waals surface area contributed by atoms with Gasteiger partial charge in [-0.2, -0.15) is 0 Å². The van der Waals surface area contributed by atoms with Crippen LogP contribution in [0.4, 0.5) is 0 Å². The highest BCUT2D eigenvalue weighted by atomic mass is 14.3. The highest BCUT2D eigenvalue weighted by Gasteiger charge is 2.21. The molecule has 0 aliphatic carbocycles. The largest absolute Gasteiger partial charge is 0.0561 e. The van der Waals surface area contributed by atoms with Crippen molar-refractivity contribution in [2.45, 2.75) is 105 Å². The summed E-state index contributed by atoms with van der Waals surface area (Å²) in [5.74, 6) is 0. The van der Waals surface area contributed by atoms with E-state index in [1.807, 2.05) is 0 Å². The number of rotatable bonds is 6. The molecule has 0 spiro atoms. The van der Waals surface area contributed by atoms with Crippen LogP contribution in [0.25, 0.3) is 36.5 Å². The topological polar surface area (TPSA) is 0 Å². The Morgan fingerprint density at radius 3 is 0.609 bits per heavy atom. The van der Waals surface area contributed by atoms with Gasteiger partial charge in [-0.25, -0.2) is 0 Å². The summed E-state index contributed by atoms with van der Waals surface area (Å²) < 4.78 is 0. The first kappa shape index (κ1) is 35.0. The van der Waals surface area contributed by atoms with E-state index in [9.17, 15) is 0 Å². The maximum absolute atomic E-state index is 2.37. The van der Waals surface area contributed by atoms with Gasteiger partial charge in [0.15, 0.2) is 0 Å². The highest BCUT2D eigenvalue weighted by molar-refractivity contribution is 5.75. The van der Waals surface area contributed by atoms with E-state index in [0.717, 1.165) is 0 Å². The molecule has 0 heterocycles. The lowest BCUT2D eigenvalue weighted by atomic mass is 9.79. The number of benzene rings is 4. The van der Waals surface area contributed by atoms with Crippen molar-refractivity contribution in [1.82, 2.24) is 0 Å². The van der Waals surface area contributed by atoms with Crippen LogP contribution in [0.1, 0.15) is 139 Å². The molecule has 0 heteroatoms. The third-order valence-corrected chi connectivity index (χ3v) is 8.65. The van der Waals surface area contributed by atoms with Gasteiger partial charge in [-0.1, -0.05) is 204 Å². The van der Waals surface area contributed by atoms with Crippen LogP contribution in [0.5, 0.6) is 0 Å². The molecule has 0 radical (unpaired) electrons. The fourth-order valence-electron chi connectivity index (χ4n) is 5.24. The van der Waals surface area contributed by atoms with Gasteiger partial charge in [-0.15, -0.1) is 0 Å². The van der Waals surface area contributed by atoms with Crippen molar-refractivity contribution < 1.29 is 0 Å². The maximum Gasteiger partial charge on any atom is -0.0132 e. The second-order valence-corrected chi connectivity index (χ2v) is 17.0. The average Bonchev–Trinajstić information content (AvgIpc) is 2.97. The molecule has 4 rings (SSSR count). The first-order valence-electron chi connectivity index (χ1n) is 16.8. The molecule has 0 aliphatic heterocycles.